The van der Waals surface area contributed by atoms with Crippen molar-refractivity contribution in [3.63, 3.8) is 0 Å². The third-order valence-electron chi connectivity index (χ3n) is 3.39. The molecule has 0 heterocycles. The SMILES string of the molecule is CCN(CC)C(=O)CS(=O)(=O)N[C@H](C)c1ccc(OC(F)F)cc1. The molecule has 0 unspecified atom stereocenters. The van der Waals surface area contributed by atoms with E-state index >= 15 is 0 Å². The summed E-state index contributed by atoms with van der Waals surface area (Å²) in [4.78, 5) is 13.3. The van der Waals surface area contributed by atoms with Crippen LogP contribution in [0, 0.1) is 0 Å². The van der Waals surface area contributed by atoms with Crippen LogP contribution in [0.1, 0.15) is 32.4 Å². The Hall–Kier alpha value is -1.74. The van der Waals surface area contributed by atoms with Crippen molar-refractivity contribution in [3.05, 3.63) is 29.8 Å². The number of amides is 1. The van der Waals surface area contributed by atoms with Crippen LogP contribution in [0.5, 0.6) is 5.75 Å². The standard InChI is InChI=1S/C15H22F2N2O4S/c1-4-19(5-2)14(20)10-24(21,22)18-11(3)12-6-8-13(9-7-12)23-15(16)17/h6-9,11,15,18H,4-5,10H2,1-3H3/t11-/m1/s1. The highest BCUT2D eigenvalue weighted by Crippen LogP contribution is 2.19. The van der Waals surface area contributed by atoms with Crippen molar-refractivity contribution < 1.29 is 26.7 Å². The van der Waals surface area contributed by atoms with E-state index in [2.05, 4.69) is 9.46 Å². The third kappa shape index (κ3) is 6.40. The van der Waals surface area contributed by atoms with Gasteiger partial charge < -0.3 is 9.64 Å². The summed E-state index contributed by atoms with van der Waals surface area (Å²) in [5.74, 6) is -1.12. The van der Waals surface area contributed by atoms with Gasteiger partial charge in [-0.25, -0.2) is 13.1 Å². The first-order valence-electron chi connectivity index (χ1n) is 7.51. The summed E-state index contributed by atoms with van der Waals surface area (Å²) >= 11 is 0. The monoisotopic (exact) mass is 364 g/mol. The van der Waals surface area contributed by atoms with Gasteiger partial charge in [0.05, 0.1) is 0 Å². The van der Waals surface area contributed by atoms with Crippen molar-refractivity contribution in [2.24, 2.45) is 0 Å². The highest BCUT2D eigenvalue weighted by Gasteiger charge is 2.22. The molecule has 0 aromatic heterocycles. The Labute approximate surface area is 140 Å². The molecule has 1 aromatic rings. The zero-order chi connectivity index (χ0) is 18.3. The molecule has 0 spiro atoms. The Morgan fingerprint density at radius 2 is 1.75 bits per heavy atom. The fourth-order valence-electron chi connectivity index (χ4n) is 2.15. The summed E-state index contributed by atoms with van der Waals surface area (Å²) in [6, 6.07) is 5.01. The van der Waals surface area contributed by atoms with Gasteiger partial charge in [-0.1, -0.05) is 12.1 Å². The molecule has 24 heavy (non-hydrogen) atoms. The molecule has 0 fully saturated rings. The zero-order valence-electron chi connectivity index (χ0n) is 13.8. The number of hydrogen-bond donors (Lipinski definition) is 1. The van der Waals surface area contributed by atoms with E-state index in [1.807, 2.05) is 0 Å². The number of nitrogens with zero attached hydrogens (tertiary/aromatic N) is 1. The molecule has 0 saturated heterocycles. The Bertz CT molecular complexity index is 631. The van der Waals surface area contributed by atoms with Crippen LogP contribution in [0.25, 0.3) is 0 Å². The molecule has 0 aliphatic carbocycles. The van der Waals surface area contributed by atoms with Gasteiger partial charge >= 0.3 is 6.61 Å². The van der Waals surface area contributed by atoms with Crippen LogP contribution in [-0.2, 0) is 14.8 Å². The summed E-state index contributed by atoms with van der Waals surface area (Å²) in [5.41, 5.74) is 0.565. The average Bonchev–Trinajstić information content (AvgIpc) is 2.47. The highest BCUT2D eigenvalue weighted by molar-refractivity contribution is 7.90. The van der Waals surface area contributed by atoms with Crippen LogP contribution in [0.15, 0.2) is 24.3 Å². The quantitative estimate of drug-likeness (QED) is 0.728. The largest absolute Gasteiger partial charge is 0.435 e. The van der Waals surface area contributed by atoms with Gasteiger partial charge in [0.1, 0.15) is 11.5 Å². The fraction of sp³-hybridized carbons (Fsp3) is 0.533. The van der Waals surface area contributed by atoms with Crippen molar-refractivity contribution in [3.8, 4) is 5.75 Å². The molecular formula is C15H22F2N2O4S. The second-order valence-corrected chi connectivity index (χ2v) is 6.87. The second kappa shape index (κ2) is 8.93. The van der Waals surface area contributed by atoms with E-state index in [-0.39, 0.29) is 5.75 Å². The second-order valence-electron chi connectivity index (χ2n) is 5.11. The van der Waals surface area contributed by atoms with E-state index in [4.69, 9.17) is 0 Å². The first-order chi connectivity index (χ1) is 11.2. The summed E-state index contributed by atoms with van der Waals surface area (Å²) in [7, 11) is -3.81. The number of nitrogens with one attached hydrogen (secondary N) is 1. The molecule has 136 valence electrons. The topological polar surface area (TPSA) is 75.7 Å². The van der Waals surface area contributed by atoms with Crippen LogP contribution in [0.4, 0.5) is 8.78 Å². The number of carbonyl (C=O) groups excluding carboxylic acids is 1. The molecule has 0 saturated carbocycles. The molecule has 1 N–H and O–H groups in total. The molecule has 1 rings (SSSR count). The molecule has 1 amide bonds. The van der Waals surface area contributed by atoms with Gasteiger partial charge in [0.25, 0.3) is 0 Å². The van der Waals surface area contributed by atoms with Gasteiger partial charge in [-0.15, -0.1) is 0 Å². The average molecular weight is 364 g/mol. The van der Waals surface area contributed by atoms with Gasteiger partial charge in [0, 0.05) is 19.1 Å². The number of benzene rings is 1. The minimum atomic E-state index is -3.81. The number of hydrogen-bond acceptors (Lipinski definition) is 4. The maximum atomic E-state index is 12.1. The van der Waals surface area contributed by atoms with E-state index in [1.165, 1.54) is 29.2 Å². The lowest BCUT2D eigenvalue weighted by atomic mass is 10.1. The van der Waals surface area contributed by atoms with Crippen LogP contribution in [-0.4, -0.2) is 44.7 Å². The lowest BCUT2D eigenvalue weighted by Gasteiger charge is -2.20. The van der Waals surface area contributed by atoms with Gasteiger partial charge in [-0.3, -0.25) is 4.79 Å². The molecule has 0 aliphatic heterocycles. The van der Waals surface area contributed by atoms with E-state index in [0.29, 0.717) is 18.7 Å². The van der Waals surface area contributed by atoms with Crippen LogP contribution in [0.3, 0.4) is 0 Å². The lowest BCUT2D eigenvalue weighted by Crippen LogP contribution is -2.40. The number of rotatable bonds is 9. The Morgan fingerprint density at radius 3 is 2.21 bits per heavy atom. The minimum absolute atomic E-state index is 0.0134. The summed E-state index contributed by atoms with van der Waals surface area (Å²) in [6.45, 7) is 3.10. The van der Waals surface area contributed by atoms with E-state index in [9.17, 15) is 22.0 Å². The number of ether oxygens (including phenoxy) is 1. The van der Waals surface area contributed by atoms with Gasteiger partial charge in [0.2, 0.25) is 15.9 Å². The maximum absolute atomic E-state index is 12.1. The third-order valence-corrected chi connectivity index (χ3v) is 4.73. The molecule has 0 bridgehead atoms. The van der Waals surface area contributed by atoms with Crippen molar-refractivity contribution in [1.82, 2.24) is 9.62 Å². The summed E-state index contributed by atoms with van der Waals surface area (Å²) in [6.07, 6.45) is 0. The van der Waals surface area contributed by atoms with Crippen LogP contribution < -0.4 is 9.46 Å². The Kier molecular flexibility index (Phi) is 7.56. The molecular weight excluding hydrogens is 342 g/mol. The number of alkyl halides is 2. The van der Waals surface area contributed by atoms with Gasteiger partial charge in [0.15, 0.2) is 0 Å². The number of carbonyl (C=O) groups is 1. The molecule has 1 aromatic carbocycles. The molecule has 0 radical (unpaired) electrons. The number of halogens is 2. The van der Waals surface area contributed by atoms with Crippen molar-refractivity contribution in [1.29, 1.82) is 0 Å². The molecule has 0 aliphatic rings. The minimum Gasteiger partial charge on any atom is -0.435 e. The van der Waals surface area contributed by atoms with Crippen molar-refractivity contribution in [2.75, 3.05) is 18.8 Å². The summed E-state index contributed by atoms with van der Waals surface area (Å²) < 4.78 is 55.0. The van der Waals surface area contributed by atoms with Crippen molar-refractivity contribution >= 4 is 15.9 Å². The molecule has 1 atom stereocenters. The predicted molar refractivity (Wildman–Crippen MR) is 86.3 cm³/mol. The van der Waals surface area contributed by atoms with Gasteiger partial charge in [-0.05, 0) is 38.5 Å². The normalized spacial score (nSPS) is 12.9. The first-order valence-corrected chi connectivity index (χ1v) is 9.16. The maximum Gasteiger partial charge on any atom is 0.387 e. The van der Waals surface area contributed by atoms with Crippen molar-refractivity contribution in [2.45, 2.75) is 33.4 Å². The smallest absolute Gasteiger partial charge is 0.387 e. The highest BCUT2D eigenvalue weighted by atomic mass is 32.2. The summed E-state index contributed by atoms with van der Waals surface area (Å²) in [5, 5.41) is 0. The zero-order valence-corrected chi connectivity index (χ0v) is 14.6. The fourth-order valence-corrected chi connectivity index (χ4v) is 3.41. The van der Waals surface area contributed by atoms with E-state index in [1.54, 1.807) is 20.8 Å². The van der Waals surface area contributed by atoms with Crippen LogP contribution >= 0.6 is 0 Å². The van der Waals surface area contributed by atoms with E-state index < -0.39 is 34.3 Å². The number of sulfonamides is 1. The predicted octanol–water partition coefficient (Wildman–Crippen LogP) is 2.14. The Morgan fingerprint density at radius 1 is 1.21 bits per heavy atom. The van der Waals surface area contributed by atoms with Gasteiger partial charge in [-0.2, -0.15) is 8.78 Å². The molecule has 6 nitrogen and oxygen atoms in total. The first kappa shape index (κ1) is 20.3. The lowest BCUT2D eigenvalue weighted by molar-refractivity contribution is -0.128. The molecule has 9 heteroatoms. The van der Waals surface area contributed by atoms with E-state index in [0.717, 1.165) is 0 Å². The Balaban J connectivity index is 2.71. The van der Waals surface area contributed by atoms with Crippen LogP contribution in [0.2, 0.25) is 0 Å².